The molecule has 0 saturated carbocycles. The van der Waals surface area contributed by atoms with E-state index in [0.717, 1.165) is 18.9 Å². The molecule has 8 heteroatoms. The number of carbonyl (C=O) groups is 1. The molecule has 1 aromatic heterocycles. The van der Waals surface area contributed by atoms with E-state index in [1.54, 1.807) is 0 Å². The highest BCUT2D eigenvalue weighted by molar-refractivity contribution is 7.89. The summed E-state index contributed by atoms with van der Waals surface area (Å²) in [6, 6.07) is 1.15. The number of aromatic amines is 1. The number of carboxylic acid groups (broad SMARTS) is 1. The van der Waals surface area contributed by atoms with Crippen molar-refractivity contribution in [1.82, 2.24) is 9.29 Å². The highest BCUT2D eigenvalue weighted by Gasteiger charge is 2.39. The van der Waals surface area contributed by atoms with Gasteiger partial charge in [-0.25, -0.2) is 13.2 Å². The first kappa shape index (κ1) is 12.6. The summed E-state index contributed by atoms with van der Waals surface area (Å²) in [4.78, 5) is 13.2. The third-order valence-corrected chi connectivity index (χ3v) is 5.34. The Kier molecular flexibility index (Phi) is 2.88. The maximum Gasteiger partial charge on any atom is 0.352 e. The molecule has 3 rings (SSSR count). The number of hydrogen-bond donors (Lipinski definition) is 2. The number of aromatic nitrogens is 1. The van der Waals surface area contributed by atoms with E-state index in [1.807, 2.05) is 0 Å². The number of nitrogens with zero attached hydrogens (tertiary/aromatic N) is 1. The van der Waals surface area contributed by atoms with Crippen LogP contribution in [0, 0.1) is 0 Å². The van der Waals surface area contributed by atoms with Gasteiger partial charge in [0.1, 0.15) is 10.6 Å². The van der Waals surface area contributed by atoms with Crippen LogP contribution in [0.5, 0.6) is 0 Å². The van der Waals surface area contributed by atoms with Gasteiger partial charge in [0, 0.05) is 19.3 Å². The summed E-state index contributed by atoms with van der Waals surface area (Å²) in [5, 5.41) is 8.81. The van der Waals surface area contributed by atoms with Crippen molar-refractivity contribution in [3.05, 3.63) is 18.0 Å². The van der Waals surface area contributed by atoms with E-state index >= 15 is 0 Å². The van der Waals surface area contributed by atoms with Crippen LogP contribution in [-0.4, -0.2) is 54.1 Å². The monoisotopic (exact) mass is 286 g/mol. The number of hydrogen-bond acceptors (Lipinski definition) is 4. The van der Waals surface area contributed by atoms with Gasteiger partial charge in [0.2, 0.25) is 10.0 Å². The second kappa shape index (κ2) is 4.32. The molecular formula is C11H14N2O5S. The van der Waals surface area contributed by atoms with Crippen LogP contribution in [0.4, 0.5) is 0 Å². The molecule has 2 bridgehead atoms. The van der Waals surface area contributed by atoms with Crippen molar-refractivity contribution in [2.75, 3.05) is 13.1 Å². The second-order valence-corrected chi connectivity index (χ2v) is 6.77. The Morgan fingerprint density at radius 1 is 1.37 bits per heavy atom. The van der Waals surface area contributed by atoms with E-state index < -0.39 is 16.0 Å². The van der Waals surface area contributed by atoms with Crippen molar-refractivity contribution in [3.63, 3.8) is 0 Å². The topological polar surface area (TPSA) is 99.7 Å². The first-order valence-corrected chi connectivity index (χ1v) is 7.48. The zero-order valence-corrected chi connectivity index (χ0v) is 10.9. The van der Waals surface area contributed by atoms with Crippen molar-refractivity contribution in [1.29, 1.82) is 0 Å². The molecule has 2 fully saturated rings. The molecule has 2 aliphatic heterocycles. The van der Waals surface area contributed by atoms with Crippen LogP contribution in [0.3, 0.4) is 0 Å². The molecule has 1 aromatic rings. The Bertz CT molecular complexity index is 596. The first-order valence-electron chi connectivity index (χ1n) is 6.04. The van der Waals surface area contributed by atoms with Crippen molar-refractivity contribution in [2.24, 2.45) is 0 Å². The van der Waals surface area contributed by atoms with Crippen LogP contribution in [0.15, 0.2) is 17.2 Å². The molecule has 0 amide bonds. The van der Waals surface area contributed by atoms with Gasteiger partial charge in [-0.1, -0.05) is 0 Å². The first-order chi connectivity index (χ1) is 8.96. The van der Waals surface area contributed by atoms with E-state index in [0.29, 0.717) is 13.1 Å². The number of aromatic carboxylic acids is 1. The molecule has 2 aliphatic rings. The summed E-state index contributed by atoms with van der Waals surface area (Å²) >= 11 is 0. The molecule has 2 atom stereocenters. The van der Waals surface area contributed by atoms with Gasteiger partial charge in [-0.05, 0) is 18.9 Å². The fourth-order valence-corrected chi connectivity index (χ4v) is 4.07. The Balaban J connectivity index is 1.87. The number of nitrogens with one attached hydrogen (secondary N) is 1. The van der Waals surface area contributed by atoms with Gasteiger partial charge in [0.15, 0.2) is 0 Å². The summed E-state index contributed by atoms with van der Waals surface area (Å²) in [5.41, 5.74) is -0.130. The highest BCUT2D eigenvalue weighted by atomic mass is 32.2. The minimum absolute atomic E-state index is 0.00815. The third kappa shape index (κ3) is 2.15. The average Bonchev–Trinajstić information content (AvgIpc) is 2.96. The normalized spacial score (nSPS) is 27.6. The molecular weight excluding hydrogens is 272 g/mol. The van der Waals surface area contributed by atoms with Crippen LogP contribution in [-0.2, 0) is 14.8 Å². The number of carboxylic acids is 1. The lowest BCUT2D eigenvalue weighted by Crippen LogP contribution is -2.45. The van der Waals surface area contributed by atoms with Crippen LogP contribution in [0.2, 0.25) is 0 Å². The van der Waals surface area contributed by atoms with Crippen LogP contribution in [0.25, 0.3) is 0 Å². The molecule has 2 N–H and O–H groups in total. The number of H-pyrrole nitrogens is 1. The maximum atomic E-state index is 12.4. The van der Waals surface area contributed by atoms with E-state index in [-0.39, 0.29) is 22.8 Å². The zero-order valence-electron chi connectivity index (χ0n) is 10.1. The van der Waals surface area contributed by atoms with Crippen LogP contribution in [0.1, 0.15) is 23.3 Å². The summed E-state index contributed by atoms with van der Waals surface area (Å²) in [6.45, 7) is 0.679. The second-order valence-electron chi connectivity index (χ2n) is 4.83. The van der Waals surface area contributed by atoms with E-state index in [4.69, 9.17) is 9.84 Å². The lowest BCUT2D eigenvalue weighted by Gasteiger charge is -2.30. The van der Waals surface area contributed by atoms with Gasteiger partial charge in [-0.2, -0.15) is 4.31 Å². The minimum atomic E-state index is -3.64. The molecule has 104 valence electrons. The maximum absolute atomic E-state index is 12.4. The quantitative estimate of drug-likeness (QED) is 0.830. The number of sulfonamides is 1. The van der Waals surface area contributed by atoms with Crippen LogP contribution >= 0.6 is 0 Å². The molecule has 0 aliphatic carbocycles. The van der Waals surface area contributed by atoms with Gasteiger partial charge in [0.05, 0.1) is 12.2 Å². The predicted octanol–water partition coefficient (Wildman–Crippen LogP) is 0.265. The summed E-state index contributed by atoms with van der Waals surface area (Å²) in [5.74, 6) is -1.18. The Hall–Kier alpha value is -1.38. The highest BCUT2D eigenvalue weighted by Crippen LogP contribution is 2.29. The van der Waals surface area contributed by atoms with Crippen molar-refractivity contribution in [3.8, 4) is 0 Å². The number of rotatable bonds is 3. The SMILES string of the molecule is O=C(O)c1cc(S(=O)(=O)N2CC3CCC(C2)O3)c[nH]1. The molecule has 2 saturated heterocycles. The predicted molar refractivity (Wildman–Crippen MR) is 64.4 cm³/mol. The number of fused-ring (bicyclic) bond motifs is 2. The largest absolute Gasteiger partial charge is 0.477 e. The molecule has 2 unspecified atom stereocenters. The third-order valence-electron chi connectivity index (χ3n) is 3.53. The standard InChI is InChI=1S/C11H14N2O5S/c14-11(15)10-3-9(4-12-10)19(16,17)13-5-7-1-2-8(6-13)18-7/h3-4,7-8,12H,1-2,5-6H2,(H,14,15). The van der Waals surface area contributed by atoms with Gasteiger partial charge >= 0.3 is 5.97 Å². The van der Waals surface area contributed by atoms with Gasteiger partial charge in [-0.15, -0.1) is 0 Å². The van der Waals surface area contributed by atoms with Crippen molar-refractivity contribution >= 4 is 16.0 Å². The zero-order chi connectivity index (χ0) is 13.6. The molecule has 3 heterocycles. The summed E-state index contributed by atoms with van der Waals surface area (Å²) < 4.78 is 31.8. The Labute approximate surface area is 110 Å². The van der Waals surface area contributed by atoms with Crippen molar-refractivity contribution in [2.45, 2.75) is 29.9 Å². The van der Waals surface area contributed by atoms with Crippen LogP contribution < -0.4 is 0 Å². The smallest absolute Gasteiger partial charge is 0.352 e. The van der Waals surface area contributed by atoms with E-state index in [9.17, 15) is 13.2 Å². The molecule has 0 spiro atoms. The molecule has 19 heavy (non-hydrogen) atoms. The molecule has 0 radical (unpaired) electrons. The van der Waals surface area contributed by atoms with Gasteiger partial charge < -0.3 is 14.8 Å². The average molecular weight is 286 g/mol. The van der Waals surface area contributed by atoms with Gasteiger partial charge in [-0.3, -0.25) is 0 Å². The molecule has 0 aromatic carbocycles. The Morgan fingerprint density at radius 3 is 2.53 bits per heavy atom. The minimum Gasteiger partial charge on any atom is -0.477 e. The fourth-order valence-electron chi connectivity index (χ4n) is 2.57. The van der Waals surface area contributed by atoms with E-state index in [2.05, 4.69) is 4.98 Å². The fraction of sp³-hybridized carbons (Fsp3) is 0.545. The number of ether oxygens (including phenoxy) is 1. The van der Waals surface area contributed by atoms with E-state index in [1.165, 1.54) is 10.5 Å². The number of morpholine rings is 1. The summed E-state index contributed by atoms with van der Waals surface area (Å²) in [7, 11) is -3.64. The lowest BCUT2D eigenvalue weighted by atomic mass is 10.2. The lowest BCUT2D eigenvalue weighted by molar-refractivity contribution is -0.0114. The van der Waals surface area contributed by atoms with Crippen molar-refractivity contribution < 1.29 is 23.1 Å². The van der Waals surface area contributed by atoms with Gasteiger partial charge in [0.25, 0.3) is 0 Å². The molecule has 7 nitrogen and oxygen atoms in total. The summed E-state index contributed by atoms with van der Waals surface area (Å²) in [6.07, 6.45) is 2.91. The Morgan fingerprint density at radius 2 is 2.00 bits per heavy atom.